The third kappa shape index (κ3) is 11.8. The van der Waals surface area contributed by atoms with Crippen LogP contribution in [0.25, 0.3) is 0 Å². The lowest BCUT2D eigenvalue weighted by atomic mass is 10.0. The van der Waals surface area contributed by atoms with Crippen LogP contribution in [0.15, 0.2) is 45.3 Å². The minimum absolute atomic E-state index is 0.995. The van der Waals surface area contributed by atoms with Crippen molar-refractivity contribution in [2.45, 2.75) is 104 Å². The second kappa shape index (κ2) is 17.9. The van der Waals surface area contributed by atoms with Gasteiger partial charge in [0.15, 0.2) is 0 Å². The van der Waals surface area contributed by atoms with Crippen LogP contribution in [-0.4, -0.2) is 0 Å². The summed E-state index contributed by atoms with van der Waals surface area (Å²) in [6.45, 7) is 4.53. The zero-order chi connectivity index (χ0) is 24.4. The molecule has 0 saturated heterocycles. The molecule has 0 aromatic heterocycles. The summed E-state index contributed by atoms with van der Waals surface area (Å²) < 4.78 is 2.12. The van der Waals surface area contributed by atoms with Gasteiger partial charge in [-0.1, -0.05) is 102 Å². The molecule has 0 fully saturated rings. The molecule has 2 rings (SSSR count). The Morgan fingerprint density at radius 1 is 0.529 bits per heavy atom. The number of aryl methyl sites for hydroxylation is 2. The Labute approximate surface area is 226 Å². The van der Waals surface area contributed by atoms with Gasteiger partial charge >= 0.3 is 0 Å². The van der Waals surface area contributed by atoms with Crippen molar-refractivity contribution in [3.05, 3.63) is 67.6 Å². The molecule has 0 N–H and O–H groups in total. The zero-order valence-corrected chi connectivity index (χ0v) is 24.3. The Kier molecular flexibility index (Phi) is 15.1. The highest BCUT2D eigenvalue weighted by atomic mass is 79.9. The molecule has 0 bridgehead atoms. The molecule has 0 heterocycles. The maximum Gasteiger partial charge on any atom is 0.0397 e. The van der Waals surface area contributed by atoms with E-state index in [4.69, 9.17) is 0 Å². The Morgan fingerprint density at radius 3 is 1.29 bits per heavy atom. The highest BCUT2D eigenvalue weighted by Crippen LogP contribution is 2.21. The molecular weight excluding hydrogens is 544 g/mol. The number of hydrogen-bond donors (Lipinski definition) is 0. The van der Waals surface area contributed by atoms with E-state index in [0.717, 1.165) is 32.9 Å². The van der Waals surface area contributed by atoms with Crippen molar-refractivity contribution in [1.29, 1.82) is 0 Å². The number of rotatable bonds is 14. The zero-order valence-electron chi connectivity index (χ0n) is 21.1. The SMILES string of the molecule is CCCCCCCCc1ccc(C#CC#Cc2ccc(CCCCCCCC)cc2Br)c(Br)c1. The molecule has 0 radical (unpaired) electrons. The van der Waals surface area contributed by atoms with Gasteiger partial charge in [-0.2, -0.15) is 0 Å². The van der Waals surface area contributed by atoms with Crippen molar-refractivity contribution in [3.63, 3.8) is 0 Å². The molecule has 2 aromatic rings. The normalized spacial score (nSPS) is 10.4. The minimum atomic E-state index is 0.995. The molecule has 0 aliphatic rings. The predicted octanol–water partition coefficient (Wildman–Crippen LogP) is 10.4. The summed E-state index contributed by atoms with van der Waals surface area (Å²) in [6.07, 6.45) is 18.3. The van der Waals surface area contributed by atoms with Gasteiger partial charge in [0.1, 0.15) is 0 Å². The maximum atomic E-state index is 3.69. The van der Waals surface area contributed by atoms with E-state index in [-0.39, 0.29) is 0 Å². The van der Waals surface area contributed by atoms with Crippen LogP contribution < -0.4 is 0 Å². The van der Waals surface area contributed by atoms with Crippen molar-refractivity contribution in [3.8, 4) is 23.7 Å². The average molecular weight is 584 g/mol. The summed E-state index contributed by atoms with van der Waals surface area (Å²) in [5.74, 6) is 12.4. The van der Waals surface area contributed by atoms with Gasteiger partial charge in [0.05, 0.1) is 0 Å². The van der Waals surface area contributed by atoms with Crippen molar-refractivity contribution < 1.29 is 0 Å². The monoisotopic (exact) mass is 582 g/mol. The van der Waals surface area contributed by atoms with Gasteiger partial charge in [-0.15, -0.1) is 0 Å². The van der Waals surface area contributed by atoms with Crippen LogP contribution in [0.2, 0.25) is 0 Å². The van der Waals surface area contributed by atoms with Crippen LogP contribution in [0.1, 0.15) is 113 Å². The van der Waals surface area contributed by atoms with Crippen molar-refractivity contribution in [1.82, 2.24) is 0 Å². The Balaban J connectivity index is 1.83. The van der Waals surface area contributed by atoms with E-state index in [9.17, 15) is 0 Å². The summed E-state index contributed by atoms with van der Waals surface area (Å²) in [5, 5.41) is 0. The van der Waals surface area contributed by atoms with Crippen molar-refractivity contribution in [2.75, 3.05) is 0 Å². The first-order valence-corrected chi connectivity index (χ1v) is 14.8. The van der Waals surface area contributed by atoms with Crippen LogP contribution in [0, 0.1) is 23.7 Å². The highest BCUT2D eigenvalue weighted by molar-refractivity contribution is 9.10. The minimum Gasteiger partial charge on any atom is -0.0654 e. The van der Waals surface area contributed by atoms with Gasteiger partial charge in [-0.05, 0) is 105 Å². The van der Waals surface area contributed by atoms with Crippen LogP contribution in [0.3, 0.4) is 0 Å². The Morgan fingerprint density at radius 2 is 0.912 bits per heavy atom. The Bertz CT molecular complexity index is 900. The van der Waals surface area contributed by atoms with E-state index in [1.165, 1.54) is 88.2 Å². The molecule has 182 valence electrons. The molecule has 0 aliphatic heterocycles. The number of hydrogen-bond acceptors (Lipinski definition) is 0. The molecule has 0 aliphatic carbocycles. The second-order valence-electron chi connectivity index (χ2n) is 9.16. The van der Waals surface area contributed by atoms with E-state index in [1.54, 1.807) is 0 Å². The van der Waals surface area contributed by atoms with Crippen molar-refractivity contribution >= 4 is 31.9 Å². The quantitative estimate of drug-likeness (QED) is 0.153. The number of benzene rings is 2. The van der Waals surface area contributed by atoms with Gasteiger partial charge in [0.2, 0.25) is 0 Å². The summed E-state index contributed by atoms with van der Waals surface area (Å²) in [6, 6.07) is 13.0. The number of unbranched alkanes of at least 4 members (excludes halogenated alkanes) is 10. The summed E-state index contributed by atoms with van der Waals surface area (Å²) in [7, 11) is 0. The van der Waals surface area contributed by atoms with E-state index in [2.05, 4.69) is 106 Å². The molecule has 34 heavy (non-hydrogen) atoms. The standard InChI is InChI=1S/C32H40Br2/c1-3-5-7-9-11-13-17-27-21-23-29(31(33)25-27)19-15-16-20-30-24-22-28(26-32(30)34)18-14-12-10-8-6-4-2/h21-26H,3-14,17-18H2,1-2H3. The first-order chi connectivity index (χ1) is 16.6. The van der Waals surface area contributed by atoms with E-state index < -0.39 is 0 Å². The van der Waals surface area contributed by atoms with E-state index >= 15 is 0 Å². The topological polar surface area (TPSA) is 0 Å². The Hall–Kier alpha value is -1.48. The molecular formula is C32H40Br2. The molecule has 0 nitrogen and oxygen atoms in total. The molecule has 2 heteroatoms. The molecule has 0 spiro atoms. The lowest BCUT2D eigenvalue weighted by Crippen LogP contribution is -1.88. The van der Waals surface area contributed by atoms with Gasteiger partial charge in [-0.3, -0.25) is 0 Å². The summed E-state index contributed by atoms with van der Waals surface area (Å²) >= 11 is 7.37. The molecule has 0 unspecified atom stereocenters. The van der Waals surface area contributed by atoms with E-state index in [1.807, 2.05) is 0 Å². The first kappa shape index (κ1) is 28.8. The summed E-state index contributed by atoms with van der Waals surface area (Å²) in [4.78, 5) is 0. The average Bonchev–Trinajstić information content (AvgIpc) is 2.83. The predicted molar refractivity (Wildman–Crippen MR) is 156 cm³/mol. The lowest BCUT2D eigenvalue weighted by molar-refractivity contribution is 0.607. The summed E-state index contributed by atoms with van der Waals surface area (Å²) in [5.41, 5.74) is 4.75. The fourth-order valence-corrected chi connectivity index (χ4v) is 5.10. The van der Waals surface area contributed by atoms with Gasteiger partial charge in [0, 0.05) is 20.1 Å². The largest absolute Gasteiger partial charge is 0.0654 e. The molecule has 0 atom stereocenters. The third-order valence-electron chi connectivity index (χ3n) is 6.16. The van der Waals surface area contributed by atoms with Gasteiger partial charge in [0.25, 0.3) is 0 Å². The van der Waals surface area contributed by atoms with Crippen molar-refractivity contribution in [2.24, 2.45) is 0 Å². The smallest absolute Gasteiger partial charge is 0.0397 e. The maximum absolute atomic E-state index is 3.69. The first-order valence-electron chi connectivity index (χ1n) is 13.2. The van der Waals surface area contributed by atoms with Crippen LogP contribution in [-0.2, 0) is 12.8 Å². The molecule has 0 amide bonds. The molecule has 2 aromatic carbocycles. The third-order valence-corrected chi connectivity index (χ3v) is 7.47. The van der Waals surface area contributed by atoms with Gasteiger partial charge < -0.3 is 0 Å². The van der Waals surface area contributed by atoms with Crippen LogP contribution in [0.5, 0.6) is 0 Å². The van der Waals surface area contributed by atoms with E-state index in [0.29, 0.717) is 0 Å². The van der Waals surface area contributed by atoms with Crippen LogP contribution >= 0.6 is 31.9 Å². The fourth-order valence-electron chi connectivity index (χ4n) is 4.05. The van der Waals surface area contributed by atoms with Gasteiger partial charge in [-0.25, -0.2) is 0 Å². The highest BCUT2D eigenvalue weighted by Gasteiger charge is 2.01. The number of halogens is 2. The van der Waals surface area contributed by atoms with Crippen LogP contribution in [0.4, 0.5) is 0 Å². The second-order valence-corrected chi connectivity index (χ2v) is 10.9. The lowest BCUT2D eigenvalue weighted by Gasteiger charge is -2.04. The molecule has 0 saturated carbocycles. The fraction of sp³-hybridized carbons (Fsp3) is 0.500.